The first-order valence-electron chi connectivity index (χ1n) is 6.34. The van der Waals surface area contributed by atoms with Crippen LogP contribution in [0.4, 0.5) is 5.82 Å². The van der Waals surface area contributed by atoms with Crippen LogP contribution in [-0.4, -0.2) is 24.9 Å². The molecule has 2 heterocycles. The van der Waals surface area contributed by atoms with E-state index in [-0.39, 0.29) is 12.4 Å². The predicted octanol–water partition coefficient (Wildman–Crippen LogP) is 2.47. The van der Waals surface area contributed by atoms with E-state index in [0.717, 1.165) is 5.56 Å². The molecule has 0 radical (unpaired) electrons. The molecule has 0 saturated heterocycles. The number of hydrogen-bond donors (Lipinski definition) is 0. The van der Waals surface area contributed by atoms with E-state index in [4.69, 9.17) is 16.0 Å². The van der Waals surface area contributed by atoms with Crippen LogP contribution in [0, 0.1) is 10.1 Å². The number of nitrogens with zero attached hydrogens (tertiary/aromatic N) is 5. The highest BCUT2D eigenvalue weighted by molar-refractivity contribution is 6.30. The fourth-order valence-electron chi connectivity index (χ4n) is 1.88. The summed E-state index contributed by atoms with van der Waals surface area (Å²) in [7, 11) is 0. The van der Waals surface area contributed by atoms with Crippen molar-refractivity contribution in [2.45, 2.75) is 13.0 Å². The van der Waals surface area contributed by atoms with Crippen molar-refractivity contribution in [2.24, 2.45) is 0 Å². The van der Waals surface area contributed by atoms with Gasteiger partial charge in [0, 0.05) is 5.02 Å². The Kier molecular flexibility index (Phi) is 3.84. The maximum Gasteiger partial charge on any atom is 0.389 e. The summed E-state index contributed by atoms with van der Waals surface area (Å²) in [6.07, 6.45) is 1.98. The van der Waals surface area contributed by atoms with E-state index in [1.54, 1.807) is 12.1 Å². The van der Waals surface area contributed by atoms with Gasteiger partial charge >= 0.3 is 5.82 Å². The maximum atomic E-state index is 10.6. The Labute approximate surface area is 129 Å². The molecule has 2 aromatic heterocycles. The zero-order valence-corrected chi connectivity index (χ0v) is 12.0. The van der Waals surface area contributed by atoms with Gasteiger partial charge in [0.05, 0.1) is 23.8 Å². The third-order valence-corrected chi connectivity index (χ3v) is 3.14. The summed E-state index contributed by atoms with van der Waals surface area (Å²) in [5.74, 6) is 0.571. The smallest absolute Gasteiger partial charge is 0.389 e. The zero-order valence-electron chi connectivity index (χ0n) is 11.2. The minimum absolute atomic E-state index is 0.182. The van der Waals surface area contributed by atoms with Crippen molar-refractivity contribution in [2.75, 3.05) is 0 Å². The lowest BCUT2D eigenvalue weighted by Crippen LogP contribution is -2.01. The first kappa shape index (κ1) is 14.2. The molecule has 3 aromatic rings. The van der Waals surface area contributed by atoms with Crippen LogP contribution in [0.5, 0.6) is 0 Å². The van der Waals surface area contributed by atoms with Gasteiger partial charge in [0.25, 0.3) is 0 Å². The van der Waals surface area contributed by atoms with Crippen molar-refractivity contribution in [3.63, 3.8) is 0 Å². The van der Waals surface area contributed by atoms with E-state index in [0.29, 0.717) is 23.2 Å². The van der Waals surface area contributed by atoms with Crippen LogP contribution < -0.4 is 0 Å². The van der Waals surface area contributed by atoms with Crippen molar-refractivity contribution in [3.05, 3.63) is 69.0 Å². The minimum atomic E-state index is -0.559. The van der Waals surface area contributed by atoms with Crippen molar-refractivity contribution in [1.82, 2.24) is 20.0 Å². The molecule has 22 heavy (non-hydrogen) atoms. The Balaban J connectivity index is 1.67. The van der Waals surface area contributed by atoms with Crippen LogP contribution >= 0.6 is 11.6 Å². The molecule has 0 aliphatic heterocycles. The molecule has 0 aliphatic carbocycles. The molecule has 0 amide bonds. The van der Waals surface area contributed by atoms with Crippen LogP contribution in [0.25, 0.3) is 0 Å². The molecule has 1 aromatic carbocycles. The van der Waals surface area contributed by atoms with Crippen LogP contribution in [-0.2, 0) is 13.0 Å². The second-order valence-corrected chi connectivity index (χ2v) is 4.96. The number of benzene rings is 1. The third-order valence-electron chi connectivity index (χ3n) is 2.89. The number of nitro groups is 1. The van der Waals surface area contributed by atoms with E-state index >= 15 is 0 Å². The Morgan fingerprint density at radius 3 is 2.59 bits per heavy atom. The van der Waals surface area contributed by atoms with Gasteiger partial charge in [-0.1, -0.05) is 23.7 Å². The van der Waals surface area contributed by atoms with Crippen LogP contribution in [0.15, 0.2) is 40.9 Å². The first-order valence-corrected chi connectivity index (χ1v) is 6.71. The molecule has 0 saturated carbocycles. The summed E-state index contributed by atoms with van der Waals surface area (Å²) < 4.78 is 6.88. The lowest BCUT2D eigenvalue weighted by atomic mass is 10.1. The molecule has 112 valence electrons. The standard InChI is InChI=1S/C13H10ClN5O3/c14-10-3-1-9(2-4-10)7-12-15-16-13(22-12)8-18-6-5-11(17-18)19(20)21/h1-6H,7-8H2. The quantitative estimate of drug-likeness (QED) is 0.529. The molecule has 8 nitrogen and oxygen atoms in total. The van der Waals surface area contributed by atoms with Gasteiger partial charge in [0.15, 0.2) is 0 Å². The number of hydrogen-bond acceptors (Lipinski definition) is 6. The molecule has 0 bridgehead atoms. The monoisotopic (exact) mass is 319 g/mol. The fraction of sp³-hybridized carbons (Fsp3) is 0.154. The SMILES string of the molecule is O=[N+]([O-])c1ccn(Cc2nnc(Cc3ccc(Cl)cc3)o2)n1. The van der Waals surface area contributed by atoms with Gasteiger partial charge < -0.3 is 14.5 Å². The summed E-state index contributed by atoms with van der Waals surface area (Å²) in [4.78, 5) is 10.0. The van der Waals surface area contributed by atoms with E-state index in [1.807, 2.05) is 12.1 Å². The average molecular weight is 320 g/mol. The molecule has 3 rings (SSSR count). The first-order chi connectivity index (χ1) is 10.6. The Bertz CT molecular complexity index is 796. The van der Waals surface area contributed by atoms with E-state index in [1.165, 1.54) is 16.9 Å². The summed E-state index contributed by atoms with van der Waals surface area (Å²) >= 11 is 5.82. The maximum absolute atomic E-state index is 10.6. The lowest BCUT2D eigenvalue weighted by molar-refractivity contribution is -0.389. The second-order valence-electron chi connectivity index (χ2n) is 4.52. The highest BCUT2D eigenvalue weighted by Gasteiger charge is 2.14. The normalized spacial score (nSPS) is 10.8. The Morgan fingerprint density at radius 2 is 1.91 bits per heavy atom. The van der Waals surface area contributed by atoms with Crippen molar-refractivity contribution in [1.29, 1.82) is 0 Å². The summed E-state index contributed by atoms with van der Waals surface area (Å²) in [6, 6.07) is 8.64. The molecule has 0 fully saturated rings. The topological polar surface area (TPSA) is 99.9 Å². The van der Waals surface area contributed by atoms with Crippen molar-refractivity contribution < 1.29 is 9.34 Å². The zero-order chi connectivity index (χ0) is 15.5. The van der Waals surface area contributed by atoms with Gasteiger partial charge in [0.1, 0.15) is 6.54 Å². The van der Waals surface area contributed by atoms with Crippen molar-refractivity contribution in [3.8, 4) is 0 Å². The fourth-order valence-corrected chi connectivity index (χ4v) is 2.00. The number of rotatable bonds is 5. The number of halogens is 1. The molecule has 0 unspecified atom stereocenters. The van der Waals surface area contributed by atoms with E-state index in [2.05, 4.69) is 15.3 Å². The lowest BCUT2D eigenvalue weighted by Gasteiger charge is -1.96. The summed E-state index contributed by atoms with van der Waals surface area (Å²) in [5.41, 5.74) is 0.995. The summed E-state index contributed by atoms with van der Waals surface area (Å²) in [6.45, 7) is 0.182. The van der Waals surface area contributed by atoms with Gasteiger partial charge in [0.2, 0.25) is 11.8 Å². The molecule has 9 heteroatoms. The Hall–Kier alpha value is -2.74. The van der Waals surface area contributed by atoms with Crippen LogP contribution in [0.3, 0.4) is 0 Å². The average Bonchev–Trinajstić information content (AvgIpc) is 3.12. The van der Waals surface area contributed by atoms with E-state index in [9.17, 15) is 10.1 Å². The highest BCUT2D eigenvalue weighted by atomic mass is 35.5. The van der Waals surface area contributed by atoms with Gasteiger partial charge in [-0.05, 0) is 22.6 Å². The molecular weight excluding hydrogens is 310 g/mol. The van der Waals surface area contributed by atoms with Crippen LogP contribution in [0.2, 0.25) is 5.02 Å². The largest absolute Gasteiger partial charge is 0.423 e. The molecule has 0 spiro atoms. The highest BCUT2D eigenvalue weighted by Crippen LogP contribution is 2.14. The van der Waals surface area contributed by atoms with Crippen LogP contribution in [0.1, 0.15) is 17.3 Å². The van der Waals surface area contributed by atoms with Gasteiger partial charge in [-0.15, -0.1) is 10.2 Å². The molecular formula is C13H10ClN5O3. The number of aromatic nitrogens is 4. The summed E-state index contributed by atoms with van der Waals surface area (Å²) in [5, 5.41) is 22.9. The molecule has 0 atom stereocenters. The third kappa shape index (κ3) is 3.29. The molecule has 0 N–H and O–H groups in total. The van der Waals surface area contributed by atoms with E-state index < -0.39 is 4.92 Å². The van der Waals surface area contributed by atoms with Gasteiger partial charge in [-0.25, -0.2) is 0 Å². The van der Waals surface area contributed by atoms with Gasteiger partial charge in [-0.3, -0.25) is 0 Å². The van der Waals surface area contributed by atoms with Crippen molar-refractivity contribution >= 4 is 17.4 Å². The Morgan fingerprint density at radius 1 is 1.18 bits per heavy atom. The second kappa shape index (κ2) is 5.94. The minimum Gasteiger partial charge on any atom is -0.423 e. The predicted molar refractivity (Wildman–Crippen MR) is 76.5 cm³/mol. The molecule has 0 aliphatic rings. The van der Waals surface area contributed by atoms with Gasteiger partial charge in [-0.2, -0.15) is 4.68 Å².